The average molecular weight is 356 g/mol. The Morgan fingerprint density at radius 1 is 1.19 bits per heavy atom. The number of carbonyl (C=O) groups excluding carboxylic acids is 2. The molecular weight excluding hydrogens is 328 g/mol. The molecule has 2 fully saturated rings. The summed E-state index contributed by atoms with van der Waals surface area (Å²) >= 11 is 0. The molecule has 1 aromatic rings. The zero-order valence-corrected chi connectivity index (χ0v) is 16.0. The number of ketones is 1. The van der Waals surface area contributed by atoms with Crippen molar-refractivity contribution in [3.63, 3.8) is 0 Å². The highest BCUT2D eigenvalue weighted by Gasteiger charge is 2.62. The Kier molecular flexibility index (Phi) is 4.13. The molecule has 0 radical (unpaired) electrons. The van der Waals surface area contributed by atoms with Crippen molar-refractivity contribution >= 4 is 11.8 Å². The number of rotatable bonds is 2. The molecule has 0 N–H and O–H groups in total. The molecule has 4 rings (SSSR count). The van der Waals surface area contributed by atoms with Crippen LogP contribution in [0.1, 0.15) is 69.4 Å². The normalized spacial score (nSPS) is 35.7. The molecule has 3 aliphatic carbocycles. The predicted molar refractivity (Wildman–Crippen MR) is 98.2 cm³/mol. The van der Waals surface area contributed by atoms with Crippen molar-refractivity contribution in [2.24, 2.45) is 11.3 Å². The van der Waals surface area contributed by atoms with E-state index in [-0.39, 0.29) is 17.2 Å². The van der Waals surface area contributed by atoms with Gasteiger partial charge in [-0.3, -0.25) is 9.59 Å². The predicted octanol–water partition coefficient (Wildman–Crippen LogP) is 4.20. The molecule has 140 valence electrons. The minimum Gasteiger partial charge on any atom is -0.496 e. The highest BCUT2D eigenvalue weighted by atomic mass is 16.6. The fourth-order valence-electron chi connectivity index (χ4n) is 6.23. The second kappa shape index (κ2) is 6.11. The van der Waals surface area contributed by atoms with Gasteiger partial charge in [0.25, 0.3) is 0 Å². The molecule has 4 nitrogen and oxygen atoms in total. The molecule has 2 saturated carbocycles. The van der Waals surface area contributed by atoms with E-state index in [2.05, 4.69) is 19.1 Å². The Labute approximate surface area is 155 Å². The van der Waals surface area contributed by atoms with Crippen LogP contribution < -0.4 is 4.74 Å². The van der Waals surface area contributed by atoms with E-state index in [1.807, 2.05) is 6.07 Å². The van der Waals surface area contributed by atoms with Crippen molar-refractivity contribution in [1.29, 1.82) is 0 Å². The molecule has 0 unspecified atom stereocenters. The van der Waals surface area contributed by atoms with Gasteiger partial charge >= 0.3 is 5.97 Å². The largest absolute Gasteiger partial charge is 0.496 e. The van der Waals surface area contributed by atoms with Crippen LogP contribution >= 0.6 is 0 Å². The first-order valence-corrected chi connectivity index (χ1v) is 9.77. The van der Waals surface area contributed by atoms with Crippen molar-refractivity contribution in [3.05, 3.63) is 29.3 Å². The molecule has 0 aliphatic heterocycles. The smallest absolute Gasteiger partial charge is 0.303 e. The molecule has 0 spiro atoms. The lowest BCUT2D eigenvalue weighted by Crippen LogP contribution is -2.61. The van der Waals surface area contributed by atoms with E-state index in [4.69, 9.17) is 9.47 Å². The Balaban J connectivity index is 1.77. The van der Waals surface area contributed by atoms with E-state index in [1.165, 1.54) is 18.1 Å². The van der Waals surface area contributed by atoms with Crippen molar-refractivity contribution in [2.75, 3.05) is 7.11 Å². The summed E-state index contributed by atoms with van der Waals surface area (Å²) in [4.78, 5) is 24.2. The fraction of sp³-hybridized carbons (Fsp3) is 0.636. The van der Waals surface area contributed by atoms with Gasteiger partial charge in [0, 0.05) is 25.2 Å². The molecule has 0 saturated heterocycles. The maximum atomic E-state index is 12.3. The zero-order valence-electron chi connectivity index (χ0n) is 16.0. The van der Waals surface area contributed by atoms with E-state index in [1.54, 1.807) is 7.11 Å². The van der Waals surface area contributed by atoms with Crippen LogP contribution in [0, 0.1) is 11.3 Å². The maximum absolute atomic E-state index is 12.3. The van der Waals surface area contributed by atoms with Gasteiger partial charge in [-0.15, -0.1) is 0 Å². The number of methoxy groups -OCH3 is 1. The zero-order chi connectivity index (χ0) is 18.5. The first-order valence-electron chi connectivity index (χ1n) is 9.77. The molecular formula is C22H28O4. The van der Waals surface area contributed by atoms with E-state index in [0.29, 0.717) is 24.7 Å². The van der Waals surface area contributed by atoms with Gasteiger partial charge in [0.1, 0.15) is 17.1 Å². The fourth-order valence-corrected chi connectivity index (χ4v) is 6.23. The summed E-state index contributed by atoms with van der Waals surface area (Å²) in [5.41, 5.74) is 1.98. The van der Waals surface area contributed by atoms with E-state index >= 15 is 0 Å². The van der Waals surface area contributed by atoms with Crippen molar-refractivity contribution in [2.45, 2.75) is 70.3 Å². The van der Waals surface area contributed by atoms with Gasteiger partial charge in [-0.25, -0.2) is 0 Å². The summed E-state index contributed by atoms with van der Waals surface area (Å²) in [6.07, 6.45) is 5.59. The molecule has 4 heteroatoms. The minimum atomic E-state index is -0.619. The molecule has 26 heavy (non-hydrogen) atoms. The highest BCUT2D eigenvalue weighted by Crippen LogP contribution is 2.63. The third-order valence-electron chi connectivity index (χ3n) is 7.44. The molecule has 0 amide bonds. The van der Waals surface area contributed by atoms with Crippen LogP contribution in [0.4, 0.5) is 0 Å². The lowest BCUT2D eigenvalue weighted by atomic mass is 9.47. The Bertz CT molecular complexity index is 751. The van der Waals surface area contributed by atoms with Gasteiger partial charge in [0.15, 0.2) is 0 Å². The SMILES string of the molecule is COc1cccc2c1CC[C@@H]1[C@@H]2CC[C@@]2(OC(C)=O)CC(=O)CC[C@]12C. The summed E-state index contributed by atoms with van der Waals surface area (Å²) in [5, 5.41) is 0. The Morgan fingerprint density at radius 2 is 2.00 bits per heavy atom. The highest BCUT2D eigenvalue weighted by molar-refractivity contribution is 5.81. The van der Waals surface area contributed by atoms with Crippen LogP contribution in [-0.2, 0) is 20.7 Å². The average Bonchev–Trinajstić information content (AvgIpc) is 2.61. The second-order valence-electron chi connectivity index (χ2n) is 8.54. The number of Topliss-reactive ketones (excluding diaryl/α,β-unsaturated/α-hetero) is 1. The number of carbonyl (C=O) groups is 2. The monoisotopic (exact) mass is 356 g/mol. The maximum Gasteiger partial charge on any atom is 0.303 e. The number of benzene rings is 1. The van der Waals surface area contributed by atoms with E-state index in [0.717, 1.165) is 37.9 Å². The summed E-state index contributed by atoms with van der Waals surface area (Å²) in [6.45, 7) is 3.74. The number of hydrogen-bond acceptors (Lipinski definition) is 4. The first kappa shape index (κ1) is 17.6. The van der Waals surface area contributed by atoms with Crippen LogP contribution in [0.15, 0.2) is 18.2 Å². The van der Waals surface area contributed by atoms with Crippen LogP contribution in [0.3, 0.4) is 0 Å². The second-order valence-corrected chi connectivity index (χ2v) is 8.54. The van der Waals surface area contributed by atoms with Gasteiger partial charge in [-0.05, 0) is 61.1 Å². The molecule has 0 aromatic heterocycles. The van der Waals surface area contributed by atoms with Crippen molar-refractivity contribution < 1.29 is 19.1 Å². The third-order valence-corrected chi connectivity index (χ3v) is 7.44. The van der Waals surface area contributed by atoms with Crippen molar-refractivity contribution in [1.82, 2.24) is 0 Å². The third kappa shape index (κ3) is 2.41. The van der Waals surface area contributed by atoms with Gasteiger partial charge in [-0.1, -0.05) is 19.1 Å². The standard InChI is InChI=1S/C22H28O4/c1-14(23)26-22-12-10-17-16-5-4-6-20(25-3)18(16)7-8-19(17)21(22,2)11-9-15(24)13-22/h4-6,17,19H,7-13H2,1-3H3/t17-,19-,21-,22-/m1/s1. The van der Waals surface area contributed by atoms with Crippen LogP contribution in [0.25, 0.3) is 0 Å². The summed E-state index contributed by atoms with van der Waals surface area (Å²) in [6, 6.07) is 6.37. The molecule has 0 heterocycles. The number of ether oxygens (including phenoxy) is 2. The van der Waals surface area contributed by atoms with Crippen LogP contribution in [0.5, 0.6) is 5.75 Å². The van der Waals surface area contributed by atoms with E-state index < -0.39 is 5.60 Å². The van der Waals surface area contributed by atoms with Gasteiger partial charge in [0.2, 0.25) is 0 Å². The summed E-state index contributed by atoms with van der Waals surface area (Å²) in [7, 11) is 1.74. The van der Waals surface area contributed by atoms with Gasteiger partial charge < -0.3 is 9.47 Å². The quantitative estimate of drug-likeness (QED) is 0.746. The lowest BCUT2D eigenvalue weighted by molar-refractivity contribution is -0.206. The lowest BCUT2D eigenvalue weighted by Gasteiger charge is -2.60. The topological polar surface area (TPSA) is 52.6 Å². The Hall–Kier alpha value is -1.84. The molecule has 4 atom stereocenters. The molecule has 3 aliphatic rings. The number of hydrogen-bond donors (Lipinski definition) is 0. The van der Waals surface area contributed by atoms with Crippen LogP contribution in [0.2, 0.25) is 0 Å². The van der Waals surface area contributed by atoms with Gasteiger partial charge in [0.05, 0.1) is 7.11 Å². The van der Waals surface area contributed by atoms with E-state index in [9.17, 15) is 9.59 Å². The van der Waals surface area contributed by atoms with Crippen molar-refractivity contribution in [3.8, 4) is 5.75 Å². The number of fused-ring (bicyclic) bond motifs is 5. The summed E-state index contributed by atoms with van der Waals surface area (Å²) in [5.74, 6) is 1.85. The minimum absolute atomic E-state index is 0.143. The molecule has 0 bridgehead atoms. The van der Waals surface area contributed by atoms with Gasteiger partial charge in [-0.2, -0.15) is 0 Å². The van der Waals surface area contributed by atoms with Crippen LogP contribution in [-0.4, -0.2) is 24.5 Å². The molecule has 1 aromatic carbocycles. The Morgan fingerprint density at radius 3 is 2.73 bits per heavy atom. The first-order chi connectivity index (χ1) is 12.4. The number of esters is 1. The summed E-state index contributed by atoms with van der Waals surface area (Å²) < 4.78 is 11.6.